The number of ether oxygens (including phenoxy) is 1. The Bertz CT molecular complexity index is 876. The van der Waals surface area contributed by atoms with Crippen LogP contribution in [-0.4, -0.2) is 31.5 Å². The average Bonchev–Trinajstić information content (AvgIpc) is 3.11. The number of nitrogens with one attached hydrogen (secondary N) is 1. The van der Waals surface area contributed by atoms with Crippen LogP contribution in [0.4, 0.5) is 5.69 Å². The maximum Gasteiger partial charge on any atom is 0.251 e. The molecule has 5 nitrogen and oxygen atoms in total. The number of rotatable bonds is 7. The minimum atomic E-state index is -0.129. The number of nitrogens with zero attached hydrogens (tertiary/aromatic N) is 1. The van der Waals surface area contributed by atoms with Gasteiger partial charge in [-0.2, -0.15) is 0 Å². The molecule has 148 valence electrons. The number of carbonyl (C=O) groups is 2. The Morgan fingerprint density at radius 2 is 2.00 bits per heavy atom. The summed E-state index contributed by atoms with van der Waals surface area (Å²) in [6, 6.07) is 11.4. The molecular weight excluding hydrogens is 352 g/mol. The largest absolute Gasteiger partial charge is 0.493 e. The van der Waals surface area contributed by atoms with Gasteiger partial charge in [0.15, 0.2) is 0 Å². The molecule has 28 heavy (non-hydrogen) atoms. The second-order valence-electron chi connectivity index (χ2n) is 7.36. The predicted molar refractivity (Wildman–Crippen MR) is 111 cm³/mol. The van der Waals surface area contributed by atoms with E-state index in [1.807, 2.05) is 18.2 Å². The summed E-state index contributed by atoms with van der Waals surface area (Å²) in [4.78, 5) is 26.1. The van der Waals surface area contributed by atoms with E-state index in [4.69, 9.17) is 4.74 Å². The number of amides is 2. The van der Waals surface area contributed by atoms with Gasteiger partial charge in [0, 0.05) is 30.8 Å². The van der Waals surface area contributed by atoms with Crippen molar-refractivity contribution >= 4 is 17.5 Å². The van der Waals surface area contributed by atoms with Gasteiger partial charge in [0.05, 0.1) is 6.61 Å². The van der Waals surface area contributed by atoms with Gasteiger partial charge >= 0.3 is 0 Å². The predicted octanol–water partition coefficient (Wildman–Crippen LogP) is 3.94. The monoisotopic (exact) mass is 380 g/mol. The second kappa shape index (κ2) is 8.91. The minimum Gasteiger partial charge on any atom is -0.493 e. The number of hydrogen-bond donors (Lipinski definition) is 1. The standard InChI is InChI=1S/C23H28N2O3/c1-16-13-17(2)18(3)21(14-16)28-12-6-10-24-23(27)19-7-4-8-20(15-19)25-11-5-9-22(25)26/h4,7-8,13-15H,5-6,9-12H2,1-3H3,(H,24,27). The van der Waals surface area contributed by atoms with E-state index in [1.54, 1.807) is 17.0 Å². The summed E-state index contributed by atoms with van der Waals surface area (Å²) in [6.07, 6.45) is 2.17. The summed E-state index contributed by atoms with van der Waals surface area (Å²) in [5.41, 5.74) is 4.93. The van der Waals surface area contributed by atoms with Crippen molar-refractivity contribution in [1.82, 2.24) is 5.32 Å². The van der Waals surface area contributed by atoms with Crippen molar-refractivity contribution in [2.45, 2.75) is 40.0 Å². The van der Waals surface area contributed by atoms with E-state index in [0.717, 1.165) is 36.4 Å². The lowest BCUT2D eigenvalue weighted by atomic mass is 10.1. The maximum atomic E-state index is 12.4. The molecule has 1 heterocycles. The quantitative estimate of drug-likeness (QED) is 0.740. The van der Waals surface area contributed by atoms with Crippen molar-refractivity contribution in [3.8, 4) is 5.75 Å². The zero-order valence-corrected chi connectivity index (χ0v) is 16.9. The molecule has 2 aromatic carbocycles. The SMILES string of the molecule is Cc1cc(C)c(C)c(OCCCNC(=O)c2cccc(N3CCCC3=O)c2)c1. The molecule has 0 atom stereocenters. The lowest BCUT2D eigenvalue weighted by Gasteiger charge is -2.16. The Morgan fingerprint density at radius 3 is 2.75 bits per heavy atom. The summed E-state index contributed by atoms with van der Waals surface area (Å²) in [5, 5.41) is 2.93. The molecule has 1 saturated heterocycles. The Morgan fingerprint density at radius 1 is 1.18 bits per heavy atom. The van der Waals surface area contributed by atoms with Crippen molar-refractivity contribution in [1.29, 1.82) is 0 Å². The summed E-state index contributed by atoms with van der Waals surface area (Å²) in [6.45, 7) is 8.01. The molecule has 2 aromatic rings. The van der Waals surface area contributed by atoms with Crippen LogP contribution in [-0.2, 0) is 4.79 Å². The number of benzene rings is 2. The zero-order chi connectivity index (χ0) is 20.1. The third kappa shape index (κ3) is 4.71. The van der Waals surface area contributed by atoms with Gasteiger partial charge in [-0.25, -0.2) is 0 Å². The number of aryl methyl sites for hydroxylation is 2. The molecule has 1 aliphatic rings. The van der Waals surface area contributed by atoms with Crippen molar-refractivity contribution in [2.75, 3.05) is 24.6 Å². The van der Waals surface area contributed by atoms with E-state index in [1.165, 1.54) is 11.1 Å². The molecule has 1 aliphatic heterocycles. The molecule has 0 radical (unpaired) electrons. The lowest BCUT2D eigenvalue weighted by Crippen LogP contribution is -2.27. The first-order valence-corrected chi connectivity index (χ1v) is 9.85. The summed E-state index contributed by atoms with van der Waals surface area (Å²) < 4.78 is 5.89. The molecule has 1 N–H and O–H groups in total. The normalized spacial score (nSPS) is 13.7. The van der Waals surface area contributed by atoms with Gasteiger partial charge in [-0.1, -0.05) is 12.1 Å². The summed E-state index contributed by atoms with van der Waals surface area (Å²) in [7, 11) is 0. The molecule has 0 saturated carbocycles. The van der Waals surface area contributed by atoms with Gasteiger partial charge in [0.1, 0.15) is 5.75 Å². The fourth-order valence-corrected chi connectivity index (χ4v) is 3.45. The van der Waals surface area contributed by atoms with Gasteiger partial charge in [0.2, 0.25) is 5.91 Å². The van der Waals surface area contributed by atoms with Crippen LogP contribution in [0, 0.1) is 20.8 Å². The van der Waals surface area contributed by atoms with Gasteiger partial charge in [-0.3, -0.25) is 9.59 Å². The van der Waals surface area contributed by atoms with E-state index in [-0.39, 0.29) is 11.8 Å². The van der Waals surface area contributed by atoms with Crippen LogP contribution in [0.1, 0.15) is 46.3 Å². The van der Waals surface area contributed by atoms with Crippen LogP contribution in [0.3, 0.4) is 0 Å². The first-order chi connectivity index (χ1) is 13.5. The molecule has 1 fully saturated rings. The van der Waals surface area contributed by atoms with E-state index in [0.29, 0.717) is 25.1 Å². The van der Waals surface area contributed by atoms with E-state index >= 15 is 0 Å². The van der Waals surface area contributed by atoms with Crippen molar-refractivity contribution in [3.05, 3.63) is 58.7 Å². The van der Waals surface area contributed by atoms with Gasteiger partial charge < -0.3 is 15.0 Å². The van der Waals surface area contributed by atoms with Gasteiger partial charge in [-0.05, 0) is 74.6 Å². The fraction of sp³-hybridized carbons (Fsp3) is 0.391. The highest BCUT2D eigenvalue weighted by Gasteiger charge is 2.22. The number of anilines is 1. The van der Waals surface area contributed by atoms with Crippen LogP contribution < -0.4 is 15.0 Å². The zero-order valence-electron chi connectivity index (χ0n) is 16.9. The highest BCUT2D eigenvalue weighted by Crippen LogP contribution is 2.24. The number of carbonyl (C=O) groups excluding carboxylic acids is 2. The number of hydrogen-bond acceptors (Lipinski definition) is 3. The molecule has 3 rings (SSSR count). The molecule has 0 bridgehead atoms. The van der Waals surface area contributed by atoms with Crippen LogP contribution in [0.2, 0.25) is 0 Å². The molecular formula is C23H28N2O3. The van der Waals surface area contributed by atoms with Gasteiger partial charge in [0.25, 0.3) is 5.91 Å². The Balaban J connectivity index is 1.48. The fourth-order valence-electron chi connectivity index (χ4n) is 3.45. The topological polar surface area (TPSA) is 58.6 Å². The van der Waals surface area contributed by atoms with E-state index < -0.39 is 0 Å². The molecule has 0 aliphatic carbocycles. The molecule has 5 heteroatoms. The third-order valence-corrected chi connectivity index (χ3v) is 5.12. The Hall–Kier alpha value is -2.82. The smallest absolute Gasteiger partial charge is 0.251 e. The highest BCUT2D eigenvalue weighted by atomic mass is 16.5. The third-order valence-electron chi connectivity index (χ3n) is 5.12. The molecule has 0 aromatic heterocycles. The average molecular weight is 380 g/mol. The Kier molecular flexibility index (Phi) is 6.34. The maximum absolute atomic E-state index is 12.4. The lowest BCUT2D eigenvalue weighted by molar-refractivity contribution is -0.117. The molecule has 0 spiro atoms. The summed E-state index contributed by atoms with van der Waals surface area (Å²) >= 11 is 0. The summed E-state index contributed by atoms with van der Waals surface area (Å²) in [5.74, 6) is 0.902. The first kappa shape index (κ1) is 19.9. The van der Waals surface area contributed by atoms with E-state index in [2.05, 4.69) is 32.2 Å². The molecule has 2 amide bonds. The van der Waals surface area contributed by atoms with Crippen molar-refractivity contribution in [3.63, 3.8) is 0 Å². The van der Waals surface area contributed by atoms with Crippen LogP contribution in [0.15, 0.2) is 36.4 Å². The van der Waals surface area contributed by atoms with Crippen molar-refractivity contribution < 1.29 is 14.3 Å². The van der Waals surface area contributed by atoms with Gasteiger partial charge in [-0.15, -0.1) is 0 Å². The molecule has 0 unspecified atom stereocenters. The van der Waals surface area contributed by atoms with Crippen LogP contribution >= 0.6 is 0 Å². The highest BCUT2D eigenvalue weighted by molar-refractivity contribution is 5.99. The van der Waals surface area contributed by atoms with E-state index in [9.17, 15) is 9.59 Å². The first-order valence-electron chi connectivity index (χ1n) is 9.85. The van der Waals surface area contributed by atoms with Crippen LogP contribution in [0.5, 0.6) is 5.75 Å². The van der Waals surface area contributed by atoms with Crippen LogP contribution in [0.25, 0.3) is 0 Å². The van der Waals surface area contributed by atoms with Crippen molar-refractivity contribution in [2.24, 2.45) is 0 Å². The Labute approximate surface area is 166 Å². The second-order valence-corrected chi connectivity index (χ2v) is 7.36. The minimum absolute atomic E-state index is 0.122.